The number of morpholine rings is 1. The average Bonchev–Trinajstić information content (AvgIpc) is 2.98. The molecular formula is C12H18N4O3. The van der Waals surface area contributed by atoms with Gasteiger partial charge in [-0.05, 0) is 6.42 Å². The number of nitrogens with one attached hydrogen (secondary N) is 2. The molecule has 0 bridgehead atoms. The largest absolute Gasteiger partial charge is 0.377 e. The van der Waals surface area contributed by atoms with Gasteiger partial charge in [-0.2, -0.15) is 5.10 Å². The van der Waals surface area contributed by atoms with Gasteiger partial charge in [-0.3, -0.25) is 14.7 Å². The van der Waals surface area contributed by atoms with Crippen LogP contribution in [0.2, 0.25) is 0 Å². The predicted octanol–water partition coefficient (Wildman–Crippen LogP) is -0.223. The van der Waals surface area contributed by atoms with Gasteiger partial charge in [-0.25, -0.2) is 0 Å². The molecule has 2 N–H and O–H groups in total. The Morgan fingerprint density at radius 3 is 3.16 bits per heavy atom. The van der Waals surface area contributed by atoms with Crippen molar-refractivity contribution in [3.63, 3.8) is 0 Å². The molecule has 1 saturated heterocycles. The molecule has 2 amide bonds. The number of amides is 2. The van der Waals surface area contributed by atoms with Crippen molar-refractivity contribution in [1.82, 2.24) is 20.4 Å². The average molecular weight is 266 g/mol. The molecule has 19 heavy (non-hydrogen) atoms. The maximum Gasteiger partial charge on any atom is 0.257 e. The van der Waals surface area contributed by atoms with Crippen LogP contribution in [0, 0.1) is 0 Å². The summed E-state index contributed by atoms with van der Waals surface area (Å²) in [4.78, 5) is 25.9. The van der Waals surface area contributed by atoms with E-state index < -0.39 is 6.04 Å². The van der Waals surface area contributed by atoms with Crippen molar-refractivity contribution in [2.45, 2.75) is 19.4 Å². The third-order valence-corrected chi connectivity index (χ3v) is 2.99. The molecule has 0 aromatic carbocycles. The van der Waals surface area contributed by atoms with E-state index in [0.29, 0.717) is 25.3 Å². The lowest BCUT2D eigenvalue weighted by Gasteiger charge is -2.34. The Labute approximate surface area is 111 Å². The molecule has 0 spiro atoms. The van der Waals surface area contributed by atoms with Crippen molar-refractivity contribution < 1.29 is 14.3 Å². The van der Waals surface area contributed by atoms with Gasteiger partial charge < -0.3 is 15.0 Å². The number of hydrogen-bond acceptors (Lipinski definition) is 4. The smallest absolute Gasteiger partial charge is 0.257 e. The molecule has 0 radical (unpaired) electrons. The third-order valence-electron chi connectivity index (χ3n) is 2.99. The molecule has 1 aliphatic heterocycles. The van der Waals surface area contributed by atoms with Crippen LogP contribution in [0.1, 0.15) is 23.7 Å². The number of carbonyl (C=O) groups is 2. The Kier molecular flexibility index (Phi) is 4.51. The van der Waals surface area contributed by atoms with Crippen LogP contribution < -0.4 is 5.32 Å². The maximum atomic E-state index is 12.3. The van der Waals surface area contributed by atoms with E-state index >= 15 is 0 Å². The van der Waals surface area contributed by atoms with Gasteiger partial charge in [-0.15, -0.1) is 0 Å². The summed E-state index contributed by atoms with van der Waals surface area (Å²) in [5.74, 6) is -0.368. The van der Waals surface area contributed by atoms with Crippen LogP contribution in [-0.4, -0.2) is 59.3 Å². The van der Waals surface area contributed by atoms with Gasteiger partial charge in [0.25, 0.3) is 5.91 Å². The molecule has 1 aromatic heterocycles. The number of carbonyl (C=O) groups excluding carboxylic acids is 2. The first-order chi connectivity index (χ1) is 9.24. The highest BCUT2D eigenvalue weighted by Crippen LogP contribution is 2.12. The third kappa shape index (κ3) is 3.11. The summed E-state index contributed by atoms with van der Waals surface area (Å²) in [6, 6.07) is -0.567. The highest BCUT2D eigenvalue weighted by atomic mass is 16.5. The SMILES string of the molecule is CCCNC(=O)C1COCCN1C(=O)c1cn[nH]c1. The highest BCUT2D eigenvalue weighted by Gasteiger charge is 2.33. The van der Waals surface area contributed by atoms with E-state index in [2.05, 4.69) is 15.5 Å². The Balaban J connectivity index is 2.07. The van der Waals surface area contributed by atoms with Crippen molar-refractivity contribution in [1.29, 1.82) is 0 Å². The Bertz CT molecular complexity index is 432. The first-order valence-corrected chi connectivity index (χ1v) is 6.39. The lowest BCUT2D eigenvalue weighted by molar-refractivity contribution is -0.130. The molecule has 1 unspecified atom stereocenters. The van der Waals surface area contributed by atoms with Crippen molar-refractivity contribution >= 4 is 11.8 Å². The molecule has 0 saturated carbocycles. The summed E-state index contributed by atoms with van der Waals surface area (Å²) >= 11 is 0. The van der Waals surface area contributed by atoms with Gasteiger partial charge in [-0.1, -0.05) is 6.92 Å². The first-order valence-electron chi connectivity index (χ1n) is 6.39. The predicted molar refractivity (Wildman–Crippen MR) is 67.5 cm³/mol. The zero-order chi connectivity index (χ0) is 13.7. The van der Waals surface area contributed by atoms with Crippen LogP contribution in [0.3, 0.4) is 0 Å². The summed E-state index contributed by atoms with van der Waals surface area (Å²) in [5, 5.41) is 9.15. The lowest BCUT2D eigenvalue weighted by Crippen LogP contribution is -2.55. The quantitative estimate of drug-likeness (QED) is 0.788. The molecule has 2 rings (SSSR count). The number of aromatic nitrogens is 2. The second-order valence-corrected chi connectivity index (χ2v) is 4.37. The Hall–Kier alpha value is -1.89. The standard InChI is InChI=1S/C12H18N4O3/c1-2-3-13-11(17)10-8-19-5-4-16(10)12(18)9-6-14-15-7-9/h6-7,10H,2-5,8H2,1H3,(H,13,17)(H,14,15). The molecule has 1 aliphatic rings. The number of aromatic amines is 1. The molecule has 7 nitrogen and oxygen atoms in total. The van der Waals surface area contributed by atoms with Crippen LogP contribution in [0.4, 0.5) is 0 Å². The minimum Gasteiger partial charge on any atom is -0.377 e. The summed E-state index contributed by atoms with van der Waals surface area (Å²) in [6.45, 7) is 3.67. The molecule has 0 aliphatic carbocycles. The van der Waals surface area contributed by atoms with Gasteiger partial charge in [0.2, 0.25) is 5.91 Å². The van der Waals surface area contributed by atoms with E-state index in [-0.39, 0.29) is 18.4 Å². The zero-order valence-electron chi connectivity index (χ0n) is 10.9. The Morgan fingerprint density at radius 1 is 1.63 bits per heavy atom. The Morgan fingerprint density at radius 2 is 2.47 bits per heavy atom. The molecule has 104 valence electrons. The van der Waals surface area contributed by atoms with Crippen molar-refractivity contribution in [2.24, 2.45) is 0 Å². The number of nitrogens with zero attached hydrogens (tertiary/aromatic N) is 2. The highest BCUT2D eigenvalue weighted by molar-refractivity contribution is 5.97. The van der Waals surface area contributed by atoms with E-state index in [9.17, 15) is 9.59 Å². The number of ether oxygens (including phenoxy) is 1. The number of rotatable bonds is 4. The van der Waals surface area contributed by atoms with Gasteiger partial charge in [0.1, 0.15) is 6.04 Å². The van der Waals surface area contributed by atoms with E-state index in [1.165, 1.54) is 12.4 Å². The summed E-state index contributed by atoms with van der Waals surface area (Å²) < 4.78 is 5.30. The van der Waals surface area contributed by atoms with Crippen LogP contribution in [0.5, 0.6) is 0 Å². The molecule has 1 atom stereocenters. The van der Waals surface area contributed by atoms with Crippen molar-refractivity contribution in [3.8, 4) is 0 Å². The monoisotopic (exact) mass is 266 g/mol. The normalized spacial score (nSPS) is 19.2. The maximum absolute atomic E-state index is 12.3. The van der Waals surface area contributed by atoms with E-state index in [0.717, 1.165) is 6.42 Å². The topological polar surface area (TPSA) is 87.3 Å². The van der Waals surface area contributed by atoms with Gasteiger partial charge in [0, 0.05) is 19.3 Å². The second kappa shape index (κ2) is 6.33. The summed E-state index contributed by atoms with van der Waals surface area (Å²) in [6.07, 6.45) is 3.84. The van der Waals surface area contributed by atoms with Gasteiger partial charge in [0.05, 0.1) is 25.0 Å². The molecule has 1 aromatic rings. The minimum atomic E-state index is -0.567. The fraction of sp³-hybridized carbons (Fsp3) is 0.583. The molecule has 1 fully saturated rings. The van der Waals surface area contributed by atoms with Crippen LogP contribution in [0.15, 0.2) is 12.4 Å². The number of H-pyrrole nitrogens is 1. The lowest BCUT2D eigenvalue weighted by atomic mass is 10.1. The second-order valence-electron chi connectivity index (χ2n) is 4.37. The van der Waals surface area contributed by atoms with Crippen LogP contribution in [-0.2, 0) is 9.53 Å². The fourth-order valence-electron chi connectivity index (χ4n) is 1.96. The molecule has 7 heteroatoms. The van der Waals surface area contributed by atoms with E-state index in [4.69, 9.17) is 4.74 Å². The van der Waals surface area contributed by atoms with Gasteiger partial charge in [0.15, 0.2) is 0 Å². The van der Waals surface area contributed by atoms with Gasteiger partial charge >= 0.3 is 0 Å². The van der Waals surface area contributed by atoms with Crippen molar-refractivity contribution in [3.05, 3.63) is 18.0 Å². The summed E-state index contributed by atoms with van der Waals surface area (Å²) in [7, 11) is 0. The minimum absolute atomic E-state index is 0.168. The zero-order valence-corrected chi connectivity index (χ0v) is 10.9. The van der Waals surface area contributed by atoms with Crippen LogP contribution >= 0.6 is 0 Å². The van der Waals surface area contributed by atoms with Crippen LogP contribution in [0.25, 0.3) is 0 Å². The van der Waals surface area contributed by atoms with Crippen molar-refractivity contribution in [2.75, 3.05) is 26.3 Å². The van der Waals surface area contributed by atoms with E-state index in [1.54, 1.807) is 4.90 Å². The first kappa shape index (κ1) is 13.5. The van der Waals surface area contributed by atoms with E-state index in [1.807, 2.05) is 6.92 Å². The fourth-order valence-corrected chi connectivity index (χ4v) is 1.96. The molecule has 2 heterocycles. The molecular weight excluding hydrogens is 248 g/mol. The number of hydrogen-bond donors (Lipinski definition) is 2. The summed E-state index contributed by atoms with van der Waals surface area (Å²) in [5.41, 5.74) is 0.454.